The van der Waals surface area contributed by atoms with E-state index in [1.165, 1.54) is 7.11 Å². The Morgan fingerprint density at radius 2 is 2.40 bits per heavy atom. The zero-order valence-corrected chi connectivity index (χ0v) is 8.19. The van der Waals surface area contributed by atoms with Crippen molar-refractivity contribution in [2.75, 3.05) is 7.11 Å². The Balaban J connectivity index is 2.64. The number of benzene rings is 1. The second-order valence-electron chi connectivity index (χ2n) is 2.96. The van der Waals surface area contributed by atoms with Crippen LogP contribution in [0.2, 0.25) is 0 Å². The summed E-state index contributed by atoms with van der Waals surface area (Å²) in [5, 5.41) is 0. The molecule has 0 spiro atoms. The molecule has 0 bridgehead atoms. The number of para-hydroxylation sites is 1. The molecule has 2 rings (SSSR count). The minimum atomic E-state index is -0.433. The van der Waals surface area contributed by atoms with Crippen LogP contribution in [0, 0.1) is 0 Å². The molecule has 0 atom stereocenters. The molecule has 0 aliphatic carbocycles. The maximum atomic E-state index is 11.4. The van der Waals surface area contributed by atoms with Crippen molar-refractivity contribution in [1.82, 2.24) is 4.98 Å². The van der Waals surface area contributed by atoms with E-state index in [-0.39, 0.29) is 6.54 Å². The molecular weight excluding hydrogens is 196 g/mol. The van der Waals surface area contributed by atoms with Crippen molar-refractivity contribution in [2.24, 2.45) is 5.73 Å². The molecule has 1 aromatic heterocycles. The monoisotopic (exact) mass is 206 g/mol. The van der Waals surface area contributed by atoms with Gasteiger partial charge in [0.05, 0.1) is 19.2 Å². The van der Waals surface area contributed by atoms with Crippen LogP contribution in [0.1, 0.15) is 16.2 Å². The highest BCUT2D eigenvalue weighted by Gasteiger charge is 2.14. The van der Waals surface area contributed by atoms with Gasteiger partial charge in [0.2, 0.25) is 5.89 Å². The average Bonchev–Trinajstić information content (AvgIpc) is 2.70. The van der Waals surface area contributed by atoms with Crippen molar-refractivity contribution < 1.29 is 13.9 Å². The predicted molar refractivity (Wildman–Crippen MR) is 53.2 cm³/mol. The number of hydrogen-bond donors (Lipinski definition) is 1. The highest BCUT2D eigenvalue weighted by atomic mass is 16.5. The normalized spacial score (nSPS) is 10.5. The largest absolute Gasteiger partial charge is 0.465 e. The van der Waals surface area contributed by atoms with Gasteiger partial charge in [-0.3, -0.25) is 0 Å². The van der Waals surface area contributed by atoms with Crippen molar-refractivity contribution in [3.05, 3.63) is 29.7 Å². The number of fused-ring (bicyclic) bond motifs is 1. The lowest BCUT2D eigenvalue weighted by molar-refractivity contribution is 0.0603. The van der Waals surface area contributed by atoms with Crippen LogP contribution < -0.4 is 5.73 Å². The zero-order valence-electron chi connectivity index (χ0n) is 8.19. The van der Waals surface area contributed by atoms with Gasteiger partial charge >= 0.3 is 5.97 Å². The average molecular weight is 206 g/mol. The topological polar surface area (TPSA) is 78.3 Å². The Morgan fingerprint density at radius 3 is 3.07 bits per heavy atom. The van der Waals surface area contributed by atoms with Gasteiger partial charge in [-0.25, -0.2) is 9.78 Å². The molecule has 0 saturated heterocycles. The molecule has 1 heterocycles. The number of carbonyl (C=O) groups excluding carboxylic acids is 1. The number of rotatable bonds is 2. The van der Waals surface area contributed by atoms with E-state index in [0.717, 1.165) is 0 Å². The second kappa shape index (κ2) is 3.70. The number of hydrogen-bond acceptors (Lipinski definition) is 5. The fourth-order valence-electron chi connectivity index (χ4n) is 1.36. The van der Waals surface area contributed by atoms with Crippen LogP contribution in [0.3, 0.4) is 0 Å². The van der Waals surface area contributed by atoms with E-state index in [1.807, 2.05) is 0 Å². The lowest BCUT2D eigenvalue weighted by Crippen LogP contribution is -2.02. The number of aromatic nitrogens is 1. The predicted octanol–water partition coefficient (Wildman–Crippen LogP) is 1.07. The van der Waals surface area contributed by atoms with Crippen LogP contribution in [0.15, 0.2) is 22.6 Å². The molecule has 2 aromatic rings. The number of ether oxygens (including phenoxy) is 1. The molecule has 0 fully saturated rings. The summed E-state index contributed by atoms with van der Waals surface area (Å²) in [5.74, 6) is -0.0289. The first-order chi connectivity index (χ1) is 7.26. The Hall–Kier alpha value is -1.88. The summed E-state index contributed by atoms with van der Waals surface area (Å²) in [5.41, 5.74) is 6.82. The summed E-state index contributed by atoms with van der Waals surface area (Å²) >= 11 is 0. The Bertz CT molecular complexity index is 504. The maximum absolute atomic E-state index is 11.4. The van der Waals surface area contributed by atoms with Gasteiger partial charge in [-0.2, -0.15) is 0 Å². The van der Waals surface area contributed by atoms with Gasteiger partial charge < -0.3 is 14.9 Å². The van der Waals surface area contributed by atoms with E-state index in [4.69, 9.17) is 10.2 Å². The summed E-state index contributed by atoms with van der Waals surface area (Å²) < 4.78 is 9.94. The number of nitrogens with zero attached hydrogens (tertiary/aromatic N) is 1. The number of oxazole rings is 1. The lowest BCUT2D eigenvalue weighted by Gasteiger charge is -1.97. The van der Waals surface area contributed by atoms with Crippen LogP contribution in [0.4, 0.5) is 0 Å². The smallest absolute Gasteiger partial charge is 0.340 e. The molecule has 0 amide bonds. The van der Waals surface area contributed by atoms with Crippen molar-refractivity contribution in [1.29, 1.82) is 0 Å². The minimum absolute atomic E-state index is 0.204. The Kier molecular flexibility index (Phi) is 2.39. The molecule has 0 aliphatic heterocycles. The molecule has 0 radical (unpaired) electrons. The Morgan fingerprint density at radius 1 is 1.60 bits per heavy atom. The minimum Gasteiger partial charge on any atom is -0.465 e. The SMILES string of the molecule is COC(=O)c1cccc2oc(CN)nc12. The molecule has 5 nitrogen and oxygen atoms in total. The van der Waals surface area contributed by atoms with Crippen LogP contribution in [0.5, 0.6) is 0 Å². The molecule has 78 valence electrons. The third-order valence-corrected chi connectivity index (χ3v) is 2.04. The molecule has 0 saturated carbocycles. The number of nitrogens with two attached hydrogens (primary N) is 1. The standard InChI is InChI=1S/C10H10N2O3/c1-14-10(13)6-3-2-4-7-9(6)12-8(5-11)15-7/h2-4H,5,11H2,1H3. The summed E-state index contributed by atoms with van der Waals surface area (Å²) in [6.45, 7) is 0.204. The molecule has 0 aliphatic rings. The van der Waals surface area contributed by atoms with E-state index in [9.17, 15) is 4.79 Å². The van der Waals surface area contributed by atoms with Crippen LogP contribution in [-0.4, -0.2) is 18.1 Å². The summed E-state index contributed by atoms with van der Waals surface area (Å²) in [7, 11) is 1.32. The summed E-state index contributed by atoms with van der Waals surface area (Å²) in [6.07, 6.45) is 0. The summed E-state index contributed by atoms with van der Waals surface area (Å²) in [4.78, 5) is 15.5. The van der Waals surface area contributed by atoms with Gasteiger partial charge in [0.1, 0.15) is 5.52 Å². The molecule has 0 unspecified atom stereocenters. The van der Waals surface area contributed by atoms with E-state index in [2.05, 4.69) is 9.72 Å². The van der Waals surface area contributed by atoms with Gasteiger partial charge in [0, 0.05) is 0 Å². The zero-order chi connectivity index (χ0) is 10.8. The molecular formula is C10H10N2O3. The van der Waals surface area contributed by atoms with Crippen molar-refractivity contribution in [3.8, 4) is 0 Å². The highest BCUT2D eigenvalue weighted by molar-refractivity contribution is 6.01. The first kappa shape index (κ1) is 9.67. The lowest BCUT2D eigenvalue weighted by atomic mass is 10.2. The number of carbonyl (C=O) groups is 1. The molecule has 15 heavy (non-hydrogen) atoms. The maximum Gasteiger partial charge on any atom is 0.340 e. The third kappa shape index (κ3) is 1.57. The fraction of sp³-hybridized carbons (Fsp3) is 0.200. The van der Waals surface area contributed by atoms with Crippen LogP contribution >= 0.6 is 0 Å². The van der Waals surface area contributed by atoms with Gasteiger partial charge in [-0.05, 0) is 12.1 Å². The number of esters is 1. The Labute approximate surface area is 85.8 Å². The first-order valence-electron chi connectivity index (χ1n) is 4.43. The quantitative estimate of drug-likeness (QED) is 0.743. The van der Waals surface area contributed by atoms with Gasteiger partial charge in [0.15, 0.2) is 5.58 Å². The molecule has 5 heteroatoms. The van der Waals surface area contributed by atoms with Crippen molar-refractivity contribution in [2.45, 2.75) is 6.54 Å². The van der Waals surface area contributed by atoms with E-state index < -0.39 is 5.97 Å². The van der Waals surface area contributed by atoms with E-state index in [1.54, 1.807) is 18.2 Å². The first-order valence-corrected chi connectivity index (χ1v) is 4.43. The van der Waals surface area contributed by atoms with Crippen molar-refractivity contribution >= 4 is 17.1 Å². The van der Waals surface area contributed by atoms with Gasteiger partial charge in [-0.1, -0.05) is 6.07 Å². The molecule has 1 aromatic carbocycles. The summed E-state index contributed by atoms with van der Waals surface area (Å²) in [6, 6.07) is 5.07. The fourth-order valence-corrected chi connectivity index (χ4v) is 1.36. The van der Waals surface area contributed by atoms with Crippen molar-refractivity contribution in [3.63, 3.8) is 0 Å². The van der Waals surface area contributed by atoms with Crippen LogP contribution in [0.25, 0.3) is 11.1 Å². The number of methoxy groups -OCH3 is 1. The molecule has 2 N–H and O–H groups in total. The van der Waals surface area contributed by atoms with E-state index >= 15 is 0 Å². The third-order valence-electron chi connectivity index (χ3n) is 2.04. The van der Waals surface area contributed by atoms with Gasteiger partial charge in [0.25, 0.3) is 0 Å². The van der Waals surface area contributed by atoms with Crippen LogP contribution in [-0.2, 0) is 11.3 Å². The highest BCUT2D eigenvalue weighted by Crippen LogP contribution is 2.19. The van der Waals surface area contributed by atoms with Gasteiger partial charge in [-0.15, -0.1) is 0 Å². The van der Waals surface area contributed by atoms with E-state index in [0.29, 0.717) is 22.6 Å². The second-order valence-corrected chi connectivity index (χ2v) is 2.96.